The summed E-state index contributed by atoms with van der Waals surface area (Å²) in [6.07, 6.45) is 0.448. The summed E-state index contributed by atoms with van der Waals surface area (Å²) in [6, 6.07) is 16.3. The van der Waals surface area contributed by atoms with Gasteiger partial charge in [0.2, 0.25) is 0 Å². The van der Waals surface area contributed by atoms with E-state index >= 15 is 0 Å². The molecule has 0 saturated carbocycles. The summed E-state index contributed by atoms with van der Waals surface area (Å²) in [6.45, 7) is 2.94. The number of nitrogens with two attached hydrogens (primary N) is 1. The number of unbranched alkanes of at least 4 members (excludes halogenated alkanes) is 1. The van der Waals surface area contributed by atoms with Crippen molar-refractivity contribution in [1.82, 2.24) is 30.2 Å². The fraction of sp³-hybridized carbons (Fsp3) is 0.345. The molecule has 234 valence electrons. The molecule has 4 N–H and O–H groups in total. The van der Waals surface area contributed by atoms with Crippen molar-refractivity contribution < 1.29 is 32.6 Å². The first-order valence-corrected chi connectivity index (χ1v) is 14.7. The van der Waals surface area contributed by atoms with E-state index in [0.717, 1.165) is 53.3 Å². The van der Waals surface area contributed by atoms with Crippen molar-refractivity contribution in [3.63, 3.8) is 0 Å². The van der Waals surface area contributed by atoms with Crippen molar-refractivity contribution in [3.05, 3.63) is 77.1 Å². The van der Waals surface area contributed by atoms with Gasteiger partial charge in [-0.05, 0) is 43.5 Å². The van der Waals surface area contributed by atoms with Crippen LogP contribution in [0.2, 0.25) is 0 Å². The Balaban J connectivity index is 0.000000566. The minimum atomic E-state index is -5.08. The third kappa shape index (κ3) is 9.25. The molecule has 2 aromatic heterocycles. The first kappa shape index (κ1) is 32.4. The molecule has 0 spiro atoms. The summed E-state index contributed by atoms with van der Waals surface area (Å²) in [5.74, 6) is -2.05. The van der Waals surface area contributed by atoms with E-state index in [-0.39, 0.29) is 6.03 Å². The quantitative estimate of drug-likeness (QED) is 0.196. The van der Waals surface area contributed by atoms with Gasteiger partial charge in [-0.25, -0.2) is 19.3 Å². The number of carbonyl (C=O) groups excluding carboxylic acids is 1. The number of urea groups is 1. The summed E-state index contributed by atoms with van der Waals surface area (Å²) in [4.78, 5) is 27.5. The number of thiazole rings is 1. The minimum absolute atomic E-state index is 0.0483. The second kappa shape index (κ2) is 15.3. The van der Waals surface area contributed by atoms with Crippen LogP contribution in [-0.2, 0) is 17.6 Å². The van der Waals surface area contributed by atoms with Crippen LogP contribution in [0.4, 0.5) is 18.0 Å². The van der Waals surface area contributed by atoms with Gasteiger partial charge in [0.25, 0.3) is 0 Å². The number of hydrogen-bond donors (Lipinski definition) is 3. The molecule has 0 bridgehead atoms. The Bertz CT molecular complexity index is 1530. The van der Waals surface area contributed by atoms with Crippen molar-refractivity contribution >= 4 is 23.3 Å². The molecular weight excluding hydrogens is 599 g/mol. The van der Waals surface area contributed by atoms with Gasteiger partial charge in [-0.15, -0.1) is 16.4 Å². The van der Waals surface area contributed by atoms with Gasteiger partial charge in [-0.1, -0.05) is 35.5 Å². The molecule has 2 aromatic carbocycles. The number of rotatable bonds is 12. The zero-order valence-electron chi connectivity index (χ0n) is 23.7. The molecule has 1 aliphatic heterocycles. The van der Waals surface area contributed by atoms with E-state index in [9.17, 15) is 18.0 Å². The van der Waals surface area contributed by atoms with Crippen LogP contribution in [0.1, 0.15) is 29.8 Å². The first-order chi connectivity index (χ1) is 21.1. The molecule has 1 fully saturated rings. The van der Waals surface area contributed by atoms with E-state index in [1.807, 2.05) is 42.6 Å². The maximum absolute atomic E-state index is 11.9. The molecule has 0 aliphatic carbocycles. The Kier molecular flexibility index (Phi) is 11.3. The number of amides is 2. The smallest absolute Gasteiger partial charge is 0.490 e. The summed E-state index contributed by atoms with van der Waals surface area (Å²) in [5, 5.41) is 21.6. The average Bonchev–Trinajstić information content (AvgIpc) is 3.76. The Labute approximate surface area is 255 Å². The van der Waals surface area contributed by atoms with Gasteiger partial charge in [0, 0.05) is 31.0 Å². The number of carboxylic acids is 1. The predicted molar refractivity (Wildman–Crippen MR) is 158 cm³/mol. The van der Waals surface area contributed by atoms with E-state index in [2.05, 4.69) is 33.1 Å². The maximum Gasteiger partial charge on any atom is 0.490 e. The Hall–Kier alpha value is -4.50. The van der Waals surface area contributed by atoms with Crippen molar-refractivity contribution in [1.29, 1.82) is 0 Å². The van der Waals surface area contributed by atoms with E-state index in [4.69, 9.17) is 25.4 Å². The molecule has 11 nitrogen and oxygen atoms in total. The fourth-order valence-electron chi connectivity index (χ4n) is 4.25. The average molecular weight is 632 g/mol. The van der Waals surface area contributed by atoms with Crippen molar-refractivity contribution in [2.24, 2.45) is 5.73 Å². The van der Waals surface area contributed by atoms with E-state index in [1.165, 1.54) is 5.56 Å². The normalized spacial score (nSPS) is 12.9. The lowest BCUT2D eigenvalue weighted by Crippen LogP contribution is -2.31. The minimum Gasteiger partial charge on any atom is -0.491 e. The number of aliphatic carboxylic acids is 1. The van der Waals surface area contributed by atoms with Gasteiger partial charge in [-0.3, -0.25) is 0 Å². The molecule has 5 rings (SSSR count). The number of halogens is 3. The molecule has 1 aliphatic rings. The summed E-state index contributed by atoms with van der Waals surface area (Å²) < 4.78 is 39.8. The molecule has 4 aromatic rings. The first-order valence-electron chi connectivity index (χ1n) is 13.8. The molecule has 1 saturated heterocycles. The summed E-state index contributed by atoms with van der Waals surface area (Å²) >= 11 is 1.60. The zero-order chi connectivity index (χ0) is 31.5. The SMILES string of the molecule is NCCCCc1cn(-c2ccc(-c3nc(Cc4ccccc4)cs3)c(OCCN3CCNC3=O)c2)nn1.O=C(O)C(F)(F)F. The molecule has 44 heavy (non-hydrogen) atoms. The van der Waals surface area contributed by atoms with Crippen molar-refractivity contribution in [2.75, 3.05) is 32.8 Å². The highest BCUT2D eigenvalue weighted by molar-refractivity contribution is 7.13. The Morgan fingerprint density at radius 3 is 2.59 bits per heavy atom. The summed E-state index contributed by atoms with van der Waals surface area (Å²) in [5.41, 5.74) is 10.6. The number of hydrogen-bond acceptors (Lipinski definition) is 8. The Morgan fingerprint density at radius 1 is 1.14 bits per heavy atom. The third-order valence-corrected chi connectivity index (χ3v) is 7.40. The number of ether oxygens (including phenoxy) is 1. The summed E-state index contributed by atoms with van der Waals surface area (Å²) in [7, 11) is 0. The van der Waals surface area contributed by atoms with Crippen LogP contribution in [0.15, 0.2) is 60.1 Å². The van der Waals surface area contributed by atoms with Gasteiger partial charge in [-0.2, -0.15) is 13.2 Å². The van der Waals surface area contributed by atoms with Gasteiger partial charge >= 0.3 is 18.2 Å². The number of nitrogens with one attached hydrogen (secondary N) is 1. The lowest BCUT2D eigenvalue weighted by atomic mass is 10.1. The van der Waals surface area contributed by atoms with Crippen LogP contribution in [0, 0.1) is 0 Å². The number of nitrogens with zero attached hydrogens (tertiary/aromatic N) is 5. The van der Waals surface area contributed by atoms with E-state index in [1.54, 1.807) is 20.9 Å². The molecule has 3 heterocycles. The predicted octanol–water partition coefficient (Wildman–Crippen LogP) is 4.30. The highest BCUT2D eigenvalue weighted by Crippen LogP contribution is 2.34. The molecule has 0 atom stereocenters. The number of carbonyl (C=O) groups is 2. The highest BCUT2D eigenvalue weighted by atomic mass is 32.1. The largest absolute Gasteiger partial charge is 0.491 e. The van der Waals surface area contributed by atoms with Crippen LogP contribution in [-0.4, -0.2) is 80.9 Å². The topological polar surface area (TPSA) is 148 Å². The lowest BCUT2D eigenvalue weighted by molar-refractivity contribution is -0.192. The number of benzene rings is 2. The second-order valence-corrected chi connectivity index (χ2v) is 10.6. The second-order valence-electron chi connectivity index (χ2n) is 9.76. The number of aryl methyl sites for hydroxylation is 1. The van der Waals surface area contributed by atoms with Crippen molar-refractivity contribution in [2.45, 2.75) is 31.9 Å². The van der Waals surface area contributed by atoms with Gasteiger partial charge in [0.1, 0.15) is 17.4 Å². The maximum atomic E-state index is 11.9. The zero-order valence-corrected chi connectivity index (χ0v) is 24.5. The van der Waals surface area contributed by atoms with Crippen LogP contribution in [0.25, 0.3) is 16.3 Å². The molecule has 0 radical (unpaired) electrons. The fourth-order valence-corrected chi connectivity index (χ4v) is 5.10. The Morgan fingerprint density at radius 2 is 1.91 bits per heavy atom. The molecular formula is C29H32F3N7O4S. The van der Waals surface area contributed by atoms with E-state index in [0.29, 0.717) is 38.5 Å². The van der Waals surface area contributed by atoms with Gasteiger partial charge in [0.05, 0.1) is 35.4 Å². The lowest BCUT2D eigenvalue weighted by Gasteiger charge is -2.16. The number of alkyl halides is 3. The molecule has 0 unspecified atom stereocenters. The highest BCUT2D eigenvalue weighted by Gasteiger charge is 2.38. The van der Waals surface area contributed by atoms with Crippen LogP contribution in [0.5, 0.6) is 5.75 Å². The van der Waals surface area contributed by atoms with Crippen LogP contribution >= 0.6 is 11.3 Å². The van der Waals surface area contributed by atoms with Crippen LogP contribution in [0.3, 0.4) is 0 Å². The van der Waals surface area contributed by atoms with Crippen LogP contribution < -0.4 is 15.8 Å². The van der Waals surface area contributed by atoms with Gasteiger partial charge < -0.3 is 25.8 Å². The van der Waals surface area contributed by atoms with Gasteiger partial charge in [0.15, 0.2) is 0 Å². The third-order valence-electron chi connectivity index (χ3n) is 6.47. The standard InChI is InChI=1S/C27H31N7O2S.C2HF3O2/c28-11-5-4-8-21-18-34(32-31-21)23-9-10-24(25(17-23)36-15-14-33-13-12-29-27(33)35)26-30-22(19-37-26)16-20-6-2-1-3-7-20;3-2(4,5)1(6)7/h1-3,6-7,9-10,17-19H,4-5,8,11-16,28H2,(H,29,35);(H,6,7). The molecule has 15 heteroatoms. The molecule has 2 amide bonds. The van der Waals surface area contributed by atoms with E-state index < -0.39 is 12.1 Å². The monoisotopic (exact) mass is 631 g/mol. The number of aromatic nitrogens is 4. The van der Waals surface area contributed by atoms with Crippen molar-refractivity contribution in [3.8, 4) is 22.0 Å². The number of carboxylic acid groups (broad SMARTS) is 1.